The third-order valence-corrected chi connectivity index (χ3v) is 3.17. The maximum absolute atomic E-state index is 5.67. The van der Waals surface area contributed by atoms with E-state index in [9.17, 15) is 0 Å². The van der Waals surface area contributed by atoms with E-state index in [0.29, 0.717) is 6.54 Å². The summed E-state index contributed by atoms with van der Waals surface area (Å²) in [4.78, 5) is 0. The monoisotopic (exact) mass is 217 g/mol. The number of fused-ring (bicyclic) bond motifs is 1. The Morgan fingerprint density at radius 2 is 2.00 bits per heavy atom. The quantitative estimate of drug-likeness (QED) is 0.856. The van der Waals surface area contributed by atoms with Gasteiger partial charge in [-0.1, -0.05) is 32.0 Å². The maximum Gasteiger partial charge on any atom is 0.0759 e. The molecule has 0 saturated heterocycles. The van der Waals surface area contributed by atoms with Crippen molar-refractivity contribution < 1.29 is 0 Å². The fraction of sp³-hybridized carbons (Fsp3) is 0.462. The van der Waals surface area contributed by atoms with E-state index in [4.69, 9.17) is 5.73 Å². The summed E-state index contributed by atoms with van der Waals surface area (Å²) in [6, 6.07) is 8.34. The van der Waals surface area contributed by atoms with Crippen LogP contribution >= 0.6 is 0 Å². The Hall–Kier alpha value is -1.35. The Bertz CT molecular complexity index is 497. The second kappa shape index (κ2) is 3.91. The number of aromatic nitrogens is 2. The van der Waals surface area contributed by atoms with E-state index in [0.717, 1.165) is 12.1 Å². The van der Waals surface area contributed by atoms with Crippen LogP contribution in [-0.4, -0.2) is 16.3 Å². The SMILES string of the molecule is Cn1nc(C(C)(C)CCN)c2ccccc21. The molecule has 3 heteroatoms. The van der Waals surface area contributed by atoms with Crippen LogP contribution in [0.2, 0.25) is 0 Å². The summed E-state index contributed by atoms with van der Waals surface area (Å²) in [6.07, 6.45) is 0.952. The highest BCUT2D eigenvalue weighted by Gasteiger charge is 2.25. The normalized spacial score (nSPS) is 12.2. The fourth-order valence-corrected chi connectivity index (χ4v) is 2.19. The lowest BCUT2D eigenvalue weighted by molar-refractivity contribution is 0.469. The van der Waals surface area contributed by atoms with E-state index in [1.54, 1.807) is 0 Å². The maximum atomic E-state index is 5.67. The number of benzene rings is 1. The van der Waals surface area contributed by atoms with Gasteiger partial charge in [0.15, 0.2) is 0 Å². The van der Waals surface area contributed by atoms with E-state index >= 15 is 0 Å². The number of nitrogens with two attached hydrogens (primary N) is 1. The van der Waals surface area contributed by atoms with Crippen LogP contribution in [0.4, 0.5) is 0 Å². The van der Waals surface area contributed by atoms with Crippen molar-refractivity contribution in [2.45, 2.75) is 25.7 Å². The van der Waals surface area contributed by atoms with Gasteiger partial charge in [-0.25, -0.2) is 0 Å². The fourth-order valence-electron chi connectivity index (χ4n) is 2.19. The first-order valence-electron chi connectivity index (χ1n) is 5.68. The van der Waals surface area contributed by atoms with Crippen molar-refractivity contribution in [2.75, 3.05) is 6.54 Å². The first-order valence-corrected chi connectivity index (χ1v) is 5.68. The number of hydrogen-bond acceptors (Lipinski definition) is 2. The van der Waals surface area contributed by atoms with Crippen LogP contribution in [0.25, 0.3) is 10.9 Å². The molecule has 0 radical (unpaired) electrons. The number of para-hydroxylation sites is 1. The van der Waals surface area contributed by atoms with E-state index in [-0.39, 0.29) is 5.41 Å². The van der Waals surface area contributed by atoms with Gasteiger partial charge in [0.05, 0.1) is 11.2 Å². The molecule has 0 spiro atoms. The smallest absolute Gasteiger partial charge is 0.0759 e. The van der Waals surface area contributed by atoms with Gasteiger partial charge >= 0.3 is 0 Å². The van der Waals surface area contributed by atoms with Crippen molar-refractivity contribution in [3.05, 3.63) is 30.0 Å². The second-order valence-electron chi connectivity index (χ2n) is 4.91. The highest BCUT2D eigenvalue weighted by Crippen LogP contribution is 2.31. The van der Waals surface area contributed by atoms with Crippen molar-refractivity contribution in [1.82, 2.24) is 9.78 Å². The minimum atomic E-state index is 0.0373. The van der Waals surface area contributed by atoms with Crippen molar-refractivity contribution in [3.63, 3.8) is 0 Å². The predicted molar refractivity (Wildman–Crippen MR) is 67.4 cm³/mol. The average Bonchev–Trinajstić information content (AvgIpc) is 2.58. The van der Waals surface area contributed by atoms with Gasteiger partial charge in [0, 0.05) is 17.8 Å². The van der Waals surface area contributed by atoms with Gasteiger partial charge in [-0.2, -0.15) is 5.10 Å². The van der Waals surface area contributed by atoms with Gasteiger partial charge in [-0.15, -0.1) is 0 Å². The standard InChI is InChI=1S/C13H19N3/c1-13(2,8-9-14)12-10-6-4-5-7-11(10)16(3)15-12/h4-7H,8-9,14H2,1-3H3. The highest BCUT2D eigenvalue weighted by atomic mass is 15.3. The molecule has 0 fully saturated rings. The third-order valence-electron chi connectivity index (χ3n) is 3.17. The summed E-state index contributed by atoms with van der Waals surface area (Å²) in [5.41, 5.74) is 8.04. The average molecular weight is 217 g/mol. The zero-order valence-corrected chi connectivity index (χ0v) is 10.2. The molecule has 0 unspecified atom stereocenters. The first kappa shape index (κ1) is 11.1. The second-order valence-corrected chi connectivity index (χ2v) is 4.91. The molecular weight excluding hydrogens is 198 g/mol. The van der Waals surface area contributed by atoms with Gasteiger partial charge in [-0.05, 0) is 19.0 Å². The molecule has 0 aliphatic heterocycles. The Kier molecular flexibility index (Phi) is 2.72. The van der Waals surface area contributed by atoms with Crippen LogP contribution in [0.5, 0.6) is 0 Å². The van der Waals surface area contributed by atoms with E-state index < -0.39 is 0 Å². The Morgan fingerprint density at radius 1 is 1.31 bits per heavy atom. The lowest BCUT2D eigenvalue weighted by Crippen LogP contribution is -2.22. The van der Waals surface area contributed by atoms with Crippen molar-refractivity contribution in [1.29, 1.82) is 0 Å². The largest absolute Gasteiger partial charge is 0.330 e. The molecule has 0 bridgehead atoms. The summed E-state index contributed by atoms with van der Waals surface area (Å²) in [6.45, 7) is 5.10. The molecule has 86 valence electrons. The van der Waals surface area contributed by atoms with E-state index in [2.05, 4.69) is 37.1 Å². The van der Waals surface area contributed by atoms with Crippen LogP contribution in [0, 0.1) is 0 Å². The van der Waals surface area contributed by atoms with Crippen molar-refractivity contribution in [3.8, 4) is 0 Å². The predicted octanol–water partition coefficient (Wildman–Crippen LogP) is 2.20. The molecule has 0 atom stereocenters. The first-order chi connectivity index (χ1) is 7.56. The summed E-state index contributed by atoms with van der Waals surface area (Å²) in [5.74, 6) is 0. The molecule has 1 aromatic carbocycles. The lowest BCUT2D eigenvalue weighted by atomic mass is 9.84. The zero-order valence-electron chi connectivity index (χ0n) is 10.2. The molecule has 1 heterocycles. The molecule has 0 amide bonds. The molecule has 2 N–H and O–H groups in total. The molecule has 1 aromatic heterocycles. The molecule has 2 aromatic rings. The van der Waals surface area contributed by atoms with Gasteiger partial charge in [0.2, 0.25) is 0 Å². The minimum absolute atomic E-state index is 0.0373. The molecule has 0 saturated carbocycles. The summed E-state index contributed by atoms with van der Waals surface area (Å²) in [5, 5.41) is 5.88. The minimum Gasteiger partial charge on any atom is -0.330 e. The molecular formula is C13H19N3. The van der Waals surface area contributed by atoms with E-state index in [1.165, 1.54) is 10.9 Å². The molecule has 0 aliphatic carbocycles. The van der Waals surface area contributed by atoms with Gasteiger partial charge in [0.1, 0.15) is 0 Å². The van der Waals surface area contributed by atoms with Crippen LogP contribution in [0.1, 0.15) is 26.0 Å². The van der Waals surface area contributed by atoms with Gasteiger partial charge in [-0.3, -0.25) is 4.68 Å². The number of hydrogen-bond donors (Lipinski definition) is 1. The third kappa shape index (κ3) is 1.71. The van der Waals surface area contributed by atoms with Gasteiger partial charge < -0.3 is 5.73 Å². The summed E-state index contributed by atoms with van der Waals surface area (Å²) >= 11 is 0. The Morgan fingerprint density at radius 3 is 2.69 bits per heavy atom. The summed E-state index contributed by atoms with van der Waals surface area (Å²) in [7, 11) is 1.99. The topological polar surface area (TPSA) is 43.8 Å². The van der Waals surface area contributed by atoms with Crippen LogP contribution < -0.4 is 5.73 Å². The van der Waals surface area contributed by atoms with Crippen LogP contribution in [-0.2, 0) is 12.5 Å². The molecule has 16 heavy (non-hydrogen) atoms. The molecule has 0 aliphatic rings. The number of aryl methyl sites for hydroxylation is 1. The number of nitrogens with zero attached hydrogens (tertiary/aromatic N) is 2. The van der Waals surface area contributed by atoms with Crippen molar-refractivity contribution in [2.24, 2.45) is 12.8 Å². The van der Waals surface area contributed by atoms with Crippen LogP contribution in [0.15, 0.2) is 24.3 Å². The zero-order chi connectivity index (χ0) is 11.8. The van der Waals surface area contributed by atoms with Crippen LogP contribution in [0.3, 0.4) is 0 Å². The van der Waals surface area contributed by atoms with Gasteiger partial charge in [0.25, 0.3) is 0 Å². The highest BCUT2D eigenvalue weighted by molar-refractivity contribution is 5.82. The van der Waals surface area contributed by atoms with E-state index in [1.807, 2.05) is 17.8 Å². The lowest BCUT2D eigenvalue weighted by Gasteiger charge is -2.21. The molecule has 3 nitrogen and oxygen atoms in total. The summed E-state index contributed by atoms with van der Waals surface area (Å²) < 4.78 is 1.95. The Labute approximate surface area is 96.2 Å². The van der Waals surface area contributed by atoms with Crippen molar-refractivity contribution >= 4 is 10.9 Å². The Balaban J connectivity index is 2.61. The molecule has 2 rings (SSSR count). The number of rotatable bonds is 3.